The van der Waals surface area contributed by atoms with Crippen LogP contribution >= 0.6 is 11.8 Å². The number of thioether (sulfide) groups is 1. The van der Waals surface area contributed by atoms with Crippen molar-refractivity contribution in [1.29, 1.82) is 0 Å². The van der Waals surface area contributed by atoms with E-state index in [1.807, 2.05) is 36.4 Å². The number of methoxy groups -OCH3 is 1. The Morgan fingerprint density at radius 3 is 2.85 bits per heavy atom. The Bertz CT molecular complexity index is 659. The Balaban J connectivity index is 2.08. The highest BCUT2D eigenvalue weighted by atomic mass is 32.2. The van der Waals surface area contributed by atoms with E-state index in [1.165, 1.54) is 0 Å². The largest absolute Gasteiger partial charge is 0.496 e. The average molecular weight is 289 g/mol. The van der Waals surface area contributed by atoms with Gasteiger partial charge in [0.1, 0.15) is 11.8 Å². The molecule has 1 fully saturated rings. The molecule has 0 amide bonds. The number of hydrogen-bond acceptors (Lipinski definition) is 4. The van der Waals surface area contributed by atoms with Crippen LogP contribution in [0.3, 0.4) is 0 Å². The Labute approximate surface area is 121 Å². The molecule has 1 aliphatic rings. The van der Waals surface area contributed by atoms with Crippen molar-refractivity contribution >= 4 is 28.5 Å². The summed E-state index contributed by atoms with van der Waals surface area (Å²) < 4.78 is 5.46. The fourth-order valence-corrected chi connectivity index (χ4v) is 3.80. The molecule has 2 aromatic carbocycles. The summed E-state index contributed by atoms with van der Waals surface area (Å²) in [5, 5.41) is 14.4. The minimum Gasteiger partial charge on any atom is -0.496 e. The molecule has 1 saturated heterocycles. The molecule has 0 aliphatic carbocycles. The van der Waals surface area contributed by atoms with Crippen molar-refractivity contribution in [2.45, 2.75) is 11.4 Å². The monoisotopic (exact) mass is 289 g/mol. The van der Waals surface area contributed by atoms with E-state index in [4.69, 9.17) is 9.84 Å². The van der Waals surface area contributed by atoms with E-state index in [2.05, 4.69) is 5.32 Å². The van der Waals surface area contributed by atoms with Gasteiger partial charge in [0, 0.05) is 11.3 Å². The molecule has 2 N–H and O–H groups in total. The first-order valence-corrected chi connectivity index (χ1v) is 7.41. The summed E-state index contributed by atoms with van der Waals surface area (Å²) in [7, 11) is 1.64. The zero-order chi connectivity index (χ0) is 14.1. The van der Waals surface area contributed by atoms with Crippen LogP contribution in [0.4, 0.5) is 0 Å². The summed E-state index contributed by atoms with van der Waals surface area (Å²) >= 11 is 1.60. The minimum atomic E-state index is -0.806. The van der Waals surface area contributed by atoms with Gasteiger partial charge in [0.05, 0.1) is 12.5 Å². The molecule has 0 bridgehead atoms. The van der Waals surface area contributed by atoms with E-state index < -0.39 is 12.0 Å². The van der Waals surface area contributed by atoms with Gasteiger partial charge in [-0.1, -0.05) is 30.3 Å². The van der Waals surface area contributed by atoms with Gasteiger partial charge in [0.15, 0.2) is 0 Å². The van der Waals surface area contributed by atoms with Crippen LogP contribution in [-0.4, -0.2) is 30.0 Å². The van der Waals surface area contributed by atoms with Crippen LogP contribution in [-0.2, 0) is 4.79 Å². The first kappa shape index (κ1) is 13.3. The van der Waals surface area contributed by atoms with Crippen molar-refractivity contribution in [2.24, 2.45) is 0 Å². The van der Waals surface area contributed by atoms with E-state index in [9.17, 15) is 4.79 Å². The second-order valence-corrected chi connectivity index (χ2v) is 5.81. The van der Waals surface area contributed by atoms with Gasteiger partial charge in [-0.05, 0) is 16.8 Å². The molecule has 1 heterocycles. The van der Waals surface area contributed by atoms with Gasteiger partial charge in [-0.15, -0.1) is 11.8 Å². The Kier molecular flexibility index (Phi) is 3.54. The standard InChI is InChI=1S/C15H15NO3S/c1-19-12-7-6-9-4-2-3-5-10(9)13(12)14-16-11(8-20-14)15(17)18/h2-7,11,14,16H,8H2,1H3,(H,17,18)/t11-,14?/m0/s1. The smallest absolute Gasteiger partial charge is 0.321 e. The molecule has 0 spiro atoms. The zero-order valence-corrected chi connectivity index (χ0v) is 11.8. The maximum atomic E-state index is 11.1. The van der Waals surface area contributed by atoms with Crippen molar-refractivity contribution in [3.05, 3.63) is 42.0 Å². The normalized spacial score (nSPS) is 22.1. The first-order chi connectivity index (χ1) is 9.70. The van der Waals surface area contributed by atoms with Gasteiger partial charge in [0.2, 0.25) is 0 Å². The molecule has 0 saturated carbocycles. The molecular formula is C15H15NO3S. The number of rotatable bonds is 3. The third kappa shape index (κ3) is 2.23. The third-order valence-electron chi connectivity index (χ3n) is 3.49. The van der Waals surface area contributed by atoms with Gasteiger partial charge in [-0.2, -0.15) is 0 Å². The molecule has 2 aromatic rings. The third-order valence-corrected chi connectivity index (χ3v) is 4.72. The Morgan fingerprint density at radius 2 is 2.15 bits per heavy atom. The van der Waals surface area contributed by atoms with Crippen molar-refractivity contribution in [1.82, 2.24) is 5.32 Å². The number of nitrogens with one attached hydrogen (secondary N) is 1. The number of hydrogen-bond donors (Lipinski definition) is 2. The number of carbonyl (C=O) groups is 1. The average Bonchev–Trinajstić information content (AvgIpc) is 2.95. The predicted octanol–water partition coefficient (Wildman–Crippen LogP) is 2.64. The molecular weight excluding hydrogens is 274 g/mol. The number of carboxylic acids is 1. The van der Waals surface area contributed by atoms with Crippen LogP contribution in [0.2, 0.25) is 0 Å². The lowest BCUT2D eigenvalue weighted by Crippen LogP contribution is -2.33. The molecule has 104 valence electrons. The molecule has 20 heavy (non-hydrogen) atoms. The highest BCUT2D eigenvalue weighted by Crippen LogP contribution is 2.41. The molecule has 0 aromatic heterocycles. The highest BCUT2D eigenvalue weighted by Gasteiger charge is 2.32. The van der Waals surface area contributed by atoms with Crippen molar-refractivity contribution in [2.75, 3.05) is 12.9 Å². The van der Waals surface area contributed by atoms with E-state index in [0.29, 0.717) is 5.75 Å². The maximum Gasteiger partial charge on any atom is 0.321 e. The lowest BCUT2D eigenvalue weighted by Gasteiger charge is -2.18. The van der Waals surface area contributed by atoms with E-state index in [0.717, 1.165) is 22.1 Å². The number of fused-ring (bicyclic) bond motifs is 1. The zero-order valence-electron chi connectivity index (χ0n) is 11.0. The summed E-state index contributed by atoms with van der Waals surface area (Å²) in [6.45, 7) is 0. The number of carboxylic acid groups (broad SMARTS) is 1. The van der Waals surface area contributed by atoms with Crippen LogP contribution < -0.4 is 10.1 Å². The fourth-order valence-electron chi connectivity index (χ4n) is 2.50. The van der Waals surface area contributed by atoms with Crippen LogP contribution in [0, 0.1) is 0 Å². The molecule has 2 atom stereocenters. The number of benzene rings is 2. The lowest BCUT2D eigenvalue weighted by molar-refractivity contribution is -0.138. The minimum absolute atomic E-state index is 0.0582. The molecule has 1 unspecified atom stereocenters. The molecule has 0 radical (unpaired) electrons. The van der Waals surface area contributed by atoms with Crippen molar-refractivity contribution < 1.29 is 14.6 Å². The van der Waals surface area contributed by atoms with E-state index >= 15 is 0 Å². The summed E-state index contributed by atoms with van der Waals surface area (Å²) in [6, 6.07) is 11.5. The summed E-state index contributed by atoms with van der Waals surface area (Å²) in [5.74, 6) is 0.547. The van der Waals surface area contributed by atoms with Crippen LogP contribution in [0.25, 0.3) is 10.8 Å². The van der Waals surface area contributed by atoms with Crippen LogP contribution in [0.1, 0.15) is 10.9 Å². The van der Waals surface area contributed by atoms with Crippen LogP contribution in [0.15, 0.2) is 36.4 Å². The lowest BCUT2D eigenvalue weighted by atomic mass is 10.0. The topological polar surface area (TPSA) is 58.6 Å². The number of ether oxygens (including phenoxy) is 1. The van der Waals surface area contributed by atoms with Gasteiger partial charge < -0.3 is 9.84 Å². The predicted molar refractivity (Wildman–Crippen MR) is 80.3 cm³/mol. The highest BCUT2D eigenvalue weighted by molar-refractivity contribution is 7.99. The number of aliphatic carboxylic acids is 1. The van der Waals surface area contributed by atoms with Gasteiger partial charge in [-0.25, -0.2) is 0 Å². The second kappa shape index (κ2) is 5.34. The van der Waals surface area contributed by atoms with Crippen LogP contribution in [0.5, 0.6) is 5.75 Å². The summed E-state index contributed by atoms with van der Waals surface area (Å²) in [4.78, 5) is 11.1. The SMILES string of the molecule is COc1ccc2ccccc2c1C1N[C@H](C(=O)O)CS1. The fraction of sp³-hybridized carbons (Fsp3) is 0.267. The van der Waals surface area contributed by atoms with E-state index in [1.54, 1.807) is 18.9 Å². The van der Waals surface area contributed by atoms with Gasteiger partial charge in [0.25, 0.3) is 0 Å². The second-order valence-electron chi connectivity index (χ2n) is 4.67. The quantitative estimate of drug-likeness (QED) is 0.909. The van der Waals surface area contributed by atoms with Gasteiger partial charge >= 0.3 is 5.97 Å². The summed E-state index contributed by atoms with van der Waals surface area (Å²) in [6.07, 6.45) is 0. The van der Waals surface area contributed by atoms with E-state index in [-0.39, 0.29) is 5.37 Å². The Morgan fingerprint density at radius 1 is 1.35 bits per heavy atom. The van der Waals surface area contributed by atoms with Crippen molar-refractivity contribution in [3.63, 3.8) is 0 Å². The van der Waals surface area contributed by atoms with Gasteiger partial charge in [-0.3, -0.25) is 10.1 Å². The molecule has 1 aliphatic heterocycles. The Hall–Kier alpha value is -1.72. The molecule has 3 rings (SSSR count). The molecule has 5 heteroatoms. The maximum absolute atomic E-state index is 11.1. The van der Waals surface area contributed by atoms with Crippen molar-refractivity contribution in [3.8, 4) is 5.75 Å². The molecule has 4 nitrogen and oxygen atoms in total. The summed E-state index contributed by atoms with van der Waals surface area (Å²) in [5.41, 5.74) is 1.03. The first-order valence-electron chi connectivity index (χ1n) is 6.37.